The molecule has 3 aromatic heterocycles. The molecular formula is C30H25FN4O6. The first-order valence-electron chi connectivity index (χ1n) is 12.5. The molecule has 0 saturated carbocycles. The van der Waals surface area contributed by atoms with Gasteiger partial charge in [0.1, 0.15) is 28.4 Å². The third kappa shape index (κ3) is 5.64. The number of hydrogen-bond donors (Lipinski definition) is 1. The Bertz CT molecular complexity index is 1770. The number of carbonyl (C=O) groups is 1. The maximum atomic E-state index is 13.4. The number of rotatable bonds is 9. The zero-order valence-electron chi connectivity index (χ0n) is 22.4. The highest BCUT2D eigenvalue weighted by molar-refractivity contribution is 6.06. The molecule has 3 heterocycles. The number of aromatic nitrogens is 3. The highest BCUT2D eigenvalue weighted by Crippen LogP contribution is 2.34. The Morgan fingerprint density at radius 3 is 2.39 bits per heavy atom. The van der Waals surface area contributed by atoms with Crippen molar-refractivity contribution in [3.8, 4) is 34.6 Å². The average molecular weight is 557 g/mol. The summed E-state index contributed by atoms with van der Waals surface area (Å²) in [7, 11) is 3.01. The summed E-state index contributed by atoms with van der Waals surface area (Å²) in [4.78, 5) is 35.4. The van der Waals surface area contributed by atoms with Crippen LogP contribution < -0.4 is 29.8 Å². The number of fused-ring (bicyclic) bond motifs is 1. The van der Waals surface area contributed by atoms with Crippen LogP contribution in [0.2, 0.25) is 0 Å². The van der Waals surface area contributed by atoms with Gasteiger partial charge in [-0.2, -0.15) is 0 Å². The van der Waals surface area contributed by atoms with Crippen LogP contribution in [-0.2, 0) is 0 Å². The standard InChI is InChI=1S/C30H25FN4O6/c1-4-40-23-14-16-35(20-9-5-18(31)6-10-20)30(37)26(23)28(36)33-19-7-11-21(12-8-19)41-24-13-15-32-22-17-25(38-2)29(39-3)34-27(22)24/h5-17H,4H2,1-3H3,(H,33,36). The number of halogens is 1. The second-order valence-corrected chi connectivity index (χ2v) is 8.60. The third-order valence-corrected chi connectivity index (χ3v) is 6.05. The van der Waals surface area contributed by atoms with Crippen molar-refractivity contribution < 1.29 is 28.1 Å². The van der Waals surface area contributed by atoms with E-state index >= 15 is 0 Å². The minimum atomic E-state index is -0.658. The summed E-state index contributed by atoms with van der Waals surface area (Å²) >= 11 is 0. The number of methoxy groups -OCH3 is 2. The van der Waals surface area contributed by atoms with Crippen molar-refractivity contribution in [3.63, 3.8) is 0 Å². The smallest absolute Gasteiger partial charge is 0.271 e. The minimum absolute atomic E-state index is 0.137. The predicted molar refractivity (Wildman–Crippen MR) is 150 cm³/mol. The molecule has 208 valence electrons. The number of hydrogen-bond acceptors (Lipinski definition) is 8. The molecule has 5 aromatic rings. The lowest BCUT2D eigenvalue weighted by Crippen LogP contribution is -2.29. The van der Waals surface area contributed by atoms with Gasteiger partial charge in [0.15, 0.2) is 11.5 Å². The fourth-order valence-corrected chi connectivity index (χ4v) is 4.12. The van der Waals surface area contributed by atoms with Crippen molar-refractivity contribution in [1.82, 2.24) is 14.5 Å². The number of pyridine rings is 3. The fourth-order valence-electron chi connectivity index (χ4n) is 4.12. The number of amides is 1. The number of ether oxygens (including phenoxy) is 4. The molecule has 0 saturated heterocycles. The zero-order chi connectivity index (χ0) is 28.9. The molecule has 0 atom stereocenters. The van der Waals surface area contributed by atoms with Gasteiger partial charge < -0.3 is 24.3 Å². The van der Waals surface area contributed by atoms with E-state index in [9.17, 15) is 14.0 Å². The molecular weight excluding hydrogens is 531 g/mol. The Balaban J connectivity index is 1.39. The molecule has 0 unspecified atom stereocenters. The summed E-state index contributed by atoms with van der Waals surface area (Å²) < 4.78 is 36.8. The van der Waals surface area contributed by atoms with Gasteiger partial charge in [-0.3, -0.25) is 19.1 Å². The van der Waals surface area contributed by atoms with E-state index < -0.39 is 17.3 Å². The lowest BCUT2D eigenvalue weighted by Gasteiger charge is -2.14. The van der Waals surface area contributed by atoms with Gasteiger partial charge >= 0.3 is 0 Å². The molecule has 0 aliphatic carbocycles. The summed E-state index contributed by atoms with van der Waals surface area (Å²) in [6.45, 7) is 2.00. The first-order valence-corrected chi connectivity index (χ1v) is 12.5. The lowest BCUT2D eigenvalue weighted by molar-refractivity contribution is 0.102. The lowest BCUT2D eigenvalue weighted by atomic mass is 10.2. The molecule has 0 fully saturated rings. The summed E-state index contributed by atoms with van der Waals surface area (Å²) in [5.74, 6) is 0.694. The van der Waals surface area contributed by atoms with Crippen LogP contribution in [-0.4, -0.2) is 41.3 Å². The maximum absolute atomic E-state index is 13.4. The number of carbonyl (C=O) groups excluding carboxylic acids is 1. The van der Waals surface area contributed by atoms with E-state index in [0.717, 1.165) is 0 Å². The van der Waals surface area contributed by atoms with Crippen LogP contribution in [0.3, 0.4) is 0 Å². The van der Waals surface area contributed by atoms with Crippen molar-refractivity contribution in [2.75, 3.05) is 26.1 Å². The summed E-state index contributed by atoms with van der Waals surface area (Å²) in [5.41, 5.74) is 1.08. The molecule has 0 spiro atoms. The van der Waals surface area contributed by atoms with Gasteiger partial charge in [0, 0.05) is 35.9 Å². The van der Waals surface area contributed by atoms with Crippen molar-refractivity contribution in [2.24, 2.45) is 0 Å². The van der Waals surface area contributed by atoms with Gasteiger partial charge in [-0.25, -0.2) is 9.37 Å². The third-order valence-electron chi connectivity index (χ3n) is 6.05. The highest BCUT2D eigenvalue weighted by Gasteiger charge is 2.20. The van der Waals surface area contributed by atoms with Crippen molar-refractivity contribution >= 4 is 22.6 Å². The van der Waals surface area contributed by atoms with Crippen LogP contribution in [0.15, 0.2) is 83.9 Å². The van der Waals surface area contributed by atoms with Crippen LogP contribution in [0.25, 0.3) is 16.7 Å². The van der Waals surface area contributed by atoms with E-state index in [0.29, 0.717) is 45.5 Å². The number of nitrogens with one attached hydrogen (secondary N) is 1. The van der Waals surface area contributed by atoms with Crippen molar-refractivity contribution in [2.45, 2.75) is 6.92 Å². The van der Waals surface area contributed by atoms with Crippen LogP contribution >= 0.6 is 0 Å². The second kappa shape index (κ2) is 11.7. The van der Waals surface area contributed by atoms with Crippen molar-refractivity contribution in [1.29, 1.82) is 0 Å². The van der Waals surface area contributed by atoms with Crippen LogP contribution in [0.1, 0.15) is 17.3 Å². The molecule has 1 amide bonds. The first-order chi connectivity index (χ1) is 19.9. The average Bonchev–Trinajstić information content (AvgIpc) is 2.98. The molecule has 0 aliphatic rings. The van der Waals surface area contributed by atoms with Gasteiger partial charge in [-0.05, 0) is 61.5 Å². The predicted octanol–water partition coefficient (Wildman–Crippen LogP) is 5.38. The molecule has 0 bridgehead atoms. The van der Waals surface area contributed by atoms with Gasteiger partial charge in [0.25, 0.3) is 17.3 Å². The molecule has 0 aliphatic heterocycles. The Morgan fingerprint density at radius 2 is 1.71 bits per heavy atom. The van der Waals surface area contributed by atoms with Crippen molar-refractivity contribution in [3.05, 3.63) is 101 Å². The van der Waals surface area contributed by atoms with E-state index in [2.05, 4.69) is 15.3 Å². The summed E-state index contributed by atoms with van der Waals surface area (Å²) in [6.07, 6.45) is 3.07. The van der Waals surface area contributed by atoms with Crippen LogP contribution in [0.4, 0.5) is 10.1 Å². The normalized spacial score (nSPS) is 10.7. The molecule has 10 nitrogen and oxygen atoms in total. The molecule has 0 radical (unpaired) electrons. The molecule has 2 aromatic carbocycles. The Kier molecular flexibility index (Phi) is 7.77. The second-order valence-electron chi connectivity index (χ2n) is 8.60. The summed E-state index contributed by atoms with van der Waals surface area (Å²) in [6, 6.07) is 16.9. The molecule has 5 rings (SSSR count). The SMILES string of the molecule is CCOc1ccn(-c2ccc(F)cc2)c(=O)c1C(=O)Nc1ccc(Oc2ccnc3cc(OC)c(OC)nc23)cc1. The van der Waals surface area contributed by atoms with Gasteiger partial charge in [0.05, 0.1) is 26.3 Å². The Hall–Kier alpha value is -5.45. The van der Waals surface area contributed by atoms with E-state index in [1.807, 2.05) is 0 Å². The highest BCUT2D eigenvalue weighted by atomic mass is 19.1. The minimum Gasteiger partial charge on any atom is -0.493 e. The van der Waals surface area contributed by atoms with Gasteiger partial charge in [0.2, 0.25) is 0 Å². The van der Waals surface area contributed by atoms with Gasteiger partial charge in [-0.15, -0.1) is 0 Å². The Labute approximate surface area is 233 Å². The quantitative estimate of drug-likeness (QED) is 0.257. The zero-order valence-corrected chi connectivity index (χ0v) is 22.4. The largest absolute Gasteiger partial charge is 0.493 e. The van der Waals surface area contributed by atoms with E-state index in [4.69, 9.17) is 18.9 Å². The Morgan fingerprint density at radius 1 is 0.951 bits per heavy atom. The first kappa shape index (κ1) is 27.1. The van der Waals surface area contributed by atoms with E-state index in [1.54, 1.807) is 49.5 Å². The van der Waals surface area contributed by atoms with E-state index in [1.165, 1.54) is 55.3 Å². The van der Waals surface area contributed by atoms with Crippen LogP contribution in [0, 0.1) is 5.82 Å². The number of benzene rings is 2. The molecule has 41 heavy (non-hydrogen) atoms. The van der Waals surface area contributed by atoms with Crippen LogP contribution in [0.5, 0.6) is 28.9 Å². The number of anilines is 1. The fraction of sp³-hybridized carbons (Fsp3) is 0.133. The molecule has 11 heteroatoms. The van der Waals surface area contributed by atoms with Gasteiger partial charge in [-0.1, -0.05) is 0 Å². The number of nitrogens with zero attached hydrogens (tertiary/aromatic N) is 3. The maximum Gasteiger partial charge on any atom is 0.271 e. The summed E-state index contributed by atoms with van der Waals surface area (Å²) in [5, 5.41) is 2.73. The van der Waals surface area contributed by atoms with E-state index in [-0.39, 0.29) is 17.9 Å². The molecule has 1 N–H and O–H groups in total. The topological polar surface area (TPSA) is 114 Å². The monoisotopic (exact) mass is 556 g/mol.